The minimum absolute atomic E-state index is 0.00593. The topological polar surface area (TPSA) is 20.2 Å². The second-order valence-corrected chi connectivity index (χ2v) is 5.53. The van der Waals surface area contributed by atoms with Crippen LogP contribution in [0.2, 0.25) is 0 Å². The Morgan fingerprint density at radius 1 is 1.16 bits per heavy atom. The van der Waals surface area contributed by atoms with Crippen LogP contribution in [0.4, 0.5) is 8.78 Å². The number of fused-ring (bicyclic) bond motifs is 1. The molecular formula is C16H14F2O. The third-order valence-electron chi connectivity index (χ3n) is 3.07. The van der Waals surface area contributed by atoms with Crippen LogP contribution in [0.3, 0.4) is 0 Å². The van der Waals surface area contributed by atoms with Gasteiger partial charge in [0, 0.05) is 5.39 Å². The van der Waals surface area contributed by atoms with Crippen molar-refractivity contribution in [2.24, 2.45) is 0 Å². The number of halogens is 2. The van der Waals surface area contributed by atoms with Gasteiger partial charge in [-0.1, -0.05) is 26.7 Å². The Balaban J connectivity index is 3.06. The van der Waals surface area contributed by atoms with E-state index in [1.807, 2.05) is 20.8 Å². The van der Waals surface area contributed by atoms with Crippen molar-refractivity contribution in [3.63, 3.8) is 0 Å². The Hall–Kier alpha value is -2.08. The molecule has 0 radical (unpaired) electrons. The van der Waals surface area contributed by atoms with E-state index in [9.17, 15) is 13.9 Å². The molecule has 0 bridgehead atoms. The molecule has 0 aliphatic carbocycles. The van der Waals surface area contributed by atoms with Crippen LogP contribution >= 0.6 is 0 Å². The predicted octanol–water partition coefficient (Wildman–Crippen LogP) is 4.10. The Bertz CT molecular complexity index is 703. The first kappa shape index (κ1) is 13.4. The fraction of sp³-hybridized carbons (Fsp3) is 0.250. The molecule has 0 fully saturated rings. The van der Waals surface area contributed by atoms with Gasteiger partial charge in [-0.2, -0.15) is 0 Å². The number of hydrogen-bond donors (Lipinski definition) is 1. The van der Waals surface area contributed by atoms with Gasteiger partial charge in [-0.15, -0.1) is 6.42 Å². The number of benzene rings is 2. The summed E-state index contributed by atoms with van der Waals surface area (Å²) < 4.78 is 27.3. The maximum atomic E-state index is 13.8. The van der Waals surface area contributed by atoms with Gasteiger partial charge in [0.2, 0.25) is 0 Å². The number of phenolic OH excluding ortho intramolecular Hbond substituents is 1. The van der Waals surface area contributed by atoms with Crippen molar-refractivity contribution in [1.82, 2.24) is 0 Å². The Morgan fingerprint density at radius 2 is 1.79 bits per heavy atom. The van der Waals surface area contributed by atoms with E-state index >= 15 is 0 Å². The molecule has 98 valence electrons. The Labute approximate surface area is 110 Å². The van der Waals surface area contributed by atoms with Crippen molar-refractivity contribution >= 4 is 10.8 Å². The molecule has 0 unspecified atom stereocenters. The van der Waals surface area contributed by atoms with E-state index in [1.165, 1.54) is 6.07 Å². The summed E-state index contributed by atoms with van der Waals surface area (Å²) in [6.45, 7) is 5.76. The van der Waals surface area contributed by atoms with Crippen molar-refractivity contribution in [3.05, 3.63) is 41.0 Å². The first-order valence-corrected chi connectivity index (χ1v) is 5.87. The van der Waals surface area contributed by atoms with E-state index in [4.69, 9.17) is 6.42 Å². The molecule has 2 rings (SSSR count). The Kier molecular flexibility index (Phi) is 2.98. The van der Waals surface area contributed by atoms with Gasteiger partial charge in [-0.05, 0) is 34.6 Å². The SMILES string of the molecule is C#Cc1c(F)c(F)cc2cc(O)cc(C(C)(C)C)c12. The quantitative estimate of drug-likeness (QED) is 0.707. The number of rotatable bonds is 0. The van der Waals surface area contributed by atoms with Gasteiger partial charge < -0.3 is 5.11 Å². The summed E-state index contributed by atoms with van der Waals surface area (Å²) in [5, 5.41) is 10.6. The molecule has 0 heterocycles. The van der Waals surface area contributed by atoms with Crippen molar-refractivity contribution in [3.8, 4) is 18.1 Å². The van der Waals surface area contributed by atoms with Crippen LogP contribution in [-0.4, -0.2) is 5.11 Å². The van der Waals surface area contributed by atoms with Gasteiger partial charge in [0.15, 0.2) is 11.6 Å². The summed E-state index contributed by atoms with van der Waals surface area (Å²) >= 11 is 0. The minimum Gasteiger partial charge on any atom is -0.508 e. The fourth-order valence-electron chi connectivity index (χ4n) is 2.20. The number of aromatic hydroxyl groups is 1. The van der Waals surface area contributed by atoms with E-state index in [2.05, 4.69) is 5.92 Å². The van der Waals surface area contributed by atoms with Crippen LogP contribution in [0.5, 0.6) is 5.75 Å². The molecule has 2 aromatic rings. The lowest BCUT2D eigenvalue weighted by atomic mass is 9.82. The minimum atomic E-state index is -1.02. The van der Waals surface area contributed by atoms with Crippen molar-refractivity contribution < 1.29 is 13.9 Å². The average Bonchev–Trinajstić information content (AvgIpc) is 2.29. The zero-order valence-corrected chi connectivity index (χ0v) is 11.0. The lowest BCUT2D eigenvalue weighted by molar-refractivity contribution is 0.472. The van der Waals surface area contributed by atoms with Gasteiger partial charge in [0.05, 0.1) is 5.56 Å². The molecule has 3 heteroatoms. The van der Waals surface area contributed by atoms with Crippen molar-refractivity contribution in [1.29, 1.82) is 0 Å². The summed E-state index contributed by atoms with van der Waals surface area (Å²) in [6.07, 6.45) is 5.32. The third kappa shape index (κ3) is 2.15. The molecular weight excluding hydrogens is 246 g/mol. The summed E-state index contributed by atoms with van der Waals surface area (Å²) in [5.41, 5.74) is 0.238. The molecule has 0 aromatic heterocycles. The van der Waals surface area contributed by atoms with Crippen LogP contribution in [0.25, 0.3) is 10.8 Å². The number of terminal acetylenes is 1. The van der Waals surface area contributed by atoms with E-state index in [0.29, 0.717) is 16.3 Å². The zero-order valence-electron chi connectivity index (χ0n) is 11.0. The second-order valence-electron chi connectivity index (χ2n) is 5.53. The third-order valence-corrected chi connectivity index (χ3v) is 3.07. The van der Waals surface area contributed by atoms with Crippen molar-refractivity contribution in [2.75, 3.05) is 0 Å². The molecule has 0 aliphatic heterocycles. The molecule has 1 nitrogen and oxygen atoms in total. The van der Waals surface area contributed by atoms with Gasteiger partial charge in [0.25, 0.3) is 0 Å². The first-order chi connectivity index (χ1) is 8.75. The van der Waals surface area contributed by atoms with E-state index in [1.54, 1.807) is 6.07 Å². The van der Waals surface area contributed by atoms with Gasteiger partial charge in [-0.25, -0.2) is 8.78 Å². The van der Waals surface area contributed by atoms with Gasteiger partial charge in [-0.3, -0.25) is 0 Å². The van der Waals surface area contributed by atoms with Crippen molar-refractivity contribution in [2.45, 2.75) is 26.2 Å². The fourth-order valence-corrected chi connectivity index (χ4v) is 2.20. The number of hydrogen-bond acceptors (Lipinski definition) is 1. The molecule has 0 spiro atoms. The summed E-state index contributed by atoms with van der Waals surface area (Å²) in [4.78, 5) is 0. The van der Waals surface area contributed by atoms with Crippen LogP contribution in [-0.2, 0) is 5.41 Å². The smallest absolute Gasteiger partial charge is 0.175 e. The van der Waals surface area contributed by atoms with Crippen LogP contribution < -0.4 is 0 Å². The second kappa shape index (κ2) is 4.24. The standard InChI is InChI=1S/C16H14F2O/c1-5-11-14-9(7-13(17)15(11)18)6-10(19)8-12(14)16(2,3)4/h1,6-8,19H,2-4H3. The molecule has 0 aliphatic rings. The first-order valence-electron chi connectivity index (χ1n) is 5.87. The van der Waals surface area contributed by atoms with E-state index in [-0.39, 0.29) is 16.7 Å². The average molecular weight is 260 g/mol. The number of phenols is 1. The van der Waals surface area contributed by atoms with E-state index < -0.39 is 11.6 Å². The normalized spacial score (nSPS) is 11.6. The highest BCUT2D eigenvalue weighted by molar-refractivity contribution is 5.93. The highest BCUT2D eigenvalue weighted by Gasteiger charge is 2.22. The molecule has 0 amide bonds. The molecule has 19 heavy (non-hydrogen) atoms. The highest BCUT2D eigenvalue weighted by atomic mass is 19.2. The lowest BCUT2D eigenvalue weighted by Crippen LogP contribution is -2.13. The van der Waals surface area contributed by atoms with Crippen LogP contribution in [0.1, 0.15) is 31.9 Å². The molecule has 2 aromatic carbocycles. The molecule has 0 atom stereocenters. The Morgan fingerprint density at radius 3 is 2.32 bits per heavy atom. The summed E-state index contributed by atoms with van der Waals surface area (Å²) in [7, 11) is 0. The van der Waals surface area contributed by atoms with Crippen LogP contribution in [0.15, 0.2) is 18.2 Å². The molecule has 0 saturated heterocycles. The maximum Gasteiger partial charge on any atom is 0.175 e. The van der Waals surface area contributed by atoms with Gasteiger partial charge >= 0.3 is 0 Å². The maximum absolute atomic E-state index is 13.8. The van der Waals surface area contributed by atoms with E-state index in [0.717, 1.165) is 6.07 Å². The van der Waals surface area contributed by atoms with Gasteiger partial charge in [0.1, 0.15) is 5.75 Å². The largest absolute Gasteiger partial charge is 0.508 e. The lowest BCUT2D eigenvalue weighted by Gasteiger charge is -2.23. The predicted molar refractivity (Wildman–Crippen MR) is 72.2 cm³/mol. The monoisotopic (exact) mass is 260 g/mol. The highest BCUT2D eigenvalue weighted by Crippen LogP contribution is 2.36. The summed E-state index contributed by atoms with van der Waals surface area (Å²) in [6, 6.07) is 3.98. The molecule has 1 N–H and O–H groups in total. The van der Waals surface area contributed by atoms with Crippen LogP contribution in [0, 0.1) is 24.0 Å². The summed E-state index contributed by atoms with van der Waals surface area (Å²) in [5.74, 6) is 0.190. The molecule has 0 saturated carbocycles. The zero-order chi connectivity index (χ0) is 14.4.